The van der Waals surface area contributed by atoms with Gasteiger partial charge in [0, 0.05) is 71.3 Å². The van der Waals surface area contributed by atoms with Crippen LogP contribution in [0.15, 0.2) is 12.4 Å². The van der Waals surface area contributed by atoms with Gasteiger partial charge in [-0.05, 0) is 51.9 Å². The van der Waals surface area contributed by atoms with Gasteiger partial charge in [0.15, 0.2) is 0 Å². The maximum absolute atomic E-state index is 14.1. The molecule has 0 aliphatic carbocycles. The van der Waals surface area contributed by atoms with Crippen LogP contribution in [0.4, 0.5) is 17.8 Å². The highest BCUT2D eigenvalue weighted by atomic mass is 35.5. The second-order valence-corrected chi connectivity index (χ2v) is 15.8. The SMILES string of the molecule is C#CCOCCOCCOCCNc1nc(N2CCN(C(=O)[C@H](C)n3cc(CCC[NH+]=C(N)N)nn3)CC2)nc(N2CCN(C(=O)[C@H](CCCC[NH3+])n3cc(CCCC)nn3)CC2)n1.[Cl-]. The molecule has 2 saturated heterocycles. The van der Waals surface area contributed by atoms with Gasteiger partial charge in [-0.15, -0.1) is 16.6 Å². The topological polar surface area (TPSA) is 281 Å². The number of nitrogens with zero attached hydrogens (tertiary/aromatic N) is 13. The Morgan fingerprint density at radius 2 is 1.37 bits per heavy atom. The average Bonchev–Trinajstić information content (AvgIpc) is 4.00. The minimum Gasteiger partial charge on any atom is -1.00 e. The van der Waals surface area contributed by atoms with Crippen LogP contribution >= 0.6 is 0 Å². The van der Waals surface area contributed by atoms with Crippen LogP contribution in [0.25, 0.3) is 0 Å². The van der Waals surface area contributed by atoms with Crippen LogP contribution in [0.5, 0.6) is 0 Å². The van der Waals surface area contributed by atoms with Gasteiger partial charge < -0.3 is 57.3 Å². The van der Waals surface area contributed by atoms with Crippen molar-refractivity contribution in [3.05, 3.63) is 23.8 Å². The summed E-state index contributed by atoms with van der Waals surface area (Å²) in [6, 6.07) is -0.937. The predicted octanol–water partition coefficient (Wildman–Crippen LogP) is -6.01. The van der Waals surface area contributed by atoms with Crippen LogP contribution in [0.2, 0.25) is 0 Å². The summed E-state index contributed by atoms with van der Waals surface area (Å²) in [5.41, 5.74) is 16.6. The molecule has 2 atom stereocenters. The van der Waals surface area contributed by atoms with Gasteiger partial charge in [0.2, 0.25) is 29.7 Å². The van der Waals surface area contributed by atoms with E-state index in [0.717, 1.165) is 56.5 Å². The first kappa shape index (κ1) is 52.2. The van der Waals surface area contributed by atoms with Crippen LogP contribution < -0.4 is 49.7 Å². The number of aryl methyl sites for hydroxylation is 2. The zero-order valence-corrected chi connectivity index (χ0v) is 38.9. The molecule has 0 radical (unpaired) electrons. The Morgan fingerprint density at radius 3 is 1.97 bits per heavy atom. The van der Waals surface area contributed by atoms with E-state index in [2.05, 4.69) is 59.3 Å². The van der Waals surface area contributed by atoms with Crippen LogP contribution in [-0.4, -0.2) is 184 Å². The summed E-state index contributed by atoms with van der Waals surface area (Å²) in [4.78, 5) is 53.1. The molecule has 0 spiro atoms. The Hall–Kier alpha value is -5.41. The fourth-order valence-corrected chi connectivity index (χ4v) is 7.30. The van der Waals surface area contributed by atoms with Crippen LogP contribution in [0, 0.1) is 12.3 Å². The fraction of sp³-hybridized carbons (Fsp3) is 0.707. The molecule has 23 nitrogen and oxygen atoms in total. The summed E-state index contributed by atoms with van der Waals surface area (Å²) in [6.07, 6.45) is 15.8. The minimum absolute atomic E-state index is 0. The van der Waals surface area contributed by atoms with E-state index < -0.39 is 12.1 Å². The van der Waals surface area contributed by atoms with Crippen molar-refractivity contribution in [1.82, 2.24) is 54.7 Å². The van der Waals surface area contributed by atoms with Crippen LogP contribution in [-0.2, 0) is 36.6 Å². The summed E-state index contributed by atoms with van der Waals surface area (Å²) < 4.78 is 19.9. The number of halogens is 1. The molecule has 2 aliphatic rings. The molecule has 360 valence electrons. The van der Waals surface area contributed by atoms with Crippen molar-refractivity contribution in [2.24, 2.45) is 11.5 Å². The second-order valence-electron chi connectivity index (χ2n) is 15.8. The van der Waals surface area contributed by atoms with E-state index in [1.54, 1.807) is 9.36 Å². The van der Waals surface area contributed by atoms with E-state index in [0.29, 0.717) is 129 Å². The number of hydrogen-bond donors (Lipinski definition) is 5. The number of rotatable bonds is 28. The monoisotopic (exact) mass is 930 g/mol. The summed E-state index contributed by atoms with van der Waals surface area (Å²) in [6.45, 7) is 12.3. The van der Waals surface area contributed by atoms with Crippen molar-refractivity contribution in [2.45, 2.75) is 77.3 Å². The zero-order valence-electron chi connectivity index (χ0n) is 38.2. The lowest BCUT2D eigenvalue weighted by molar-refractivity contribution is -0.459. The molecule has 24 heteroatoms. The smallest absolute Gasteiger partial charge is 0.338 e. The summed E-state index contributed by atoms with van der Waals surface area (Å²) in [7, 11) is 0. The third kappa shape index (κ3) is 16.8. The quantitative estimate of drug-likeness (QED) is 0.0196. The molecule has 3 aromatic rings. The van der Waals surface area contributed by atoms with Gasteiger partial charge in [0.1, 0.15) is 18.7 Å². The van der Waals surface area contributed by atoms with E-state index in [-0.39, 0.29) is 36.8 Å². The largest absolute Gasteiger partial charge is 1.00 e. The molecule has 5 heterocycles. The molecule has 2 fully saturated rings. The van der Waals surface area contributed by atoms with E-state index in [4.69, 9.17) is 47.1 Å². The third-order valence-electron chi connectivity index (χ3n) is 11.0. The number of carbonyl (C=O) groups is 2. The molecule has 0 saturated carbocycles. The summed E-state index contributed by atoms with van der Waals surface area (Å²) >= 11 is 0. The molecule has 0 unspecified atom stereocenters. The summed E-state index contributed by atoms with van der Waals surface area (Å²) in [5, 5.41) is 20.6. The Kier molecular flexibility index (Phi) is 22.9. The number of piperazine rings is 2. The Bertz CT molecular complexity index is 1920. The molecule has 65 heavy (non-hydrogen) atoms. The highest BCUT2D eigenvalue weighted by Crippen LogP contribution is 2.23. The second kappa shape index (κ2) is 28.5. The summed E-state index contributed by atoms with van der Waals surface area (Å²) in [5.74, 6) is 4.04. The van der Waals surface area contributed by atoms with E-state index in [1.807, 2.05) is 29.1 Å². The van der Waals surface area contributed by atoms with Crippen molar-refractivity contribution in [3.63, 3.8) is 0 Å². The standard InChI is InChI=1S/C41H68N18O5.ClH/c1-4-6-10-33-31-59(53-51-33)35(12-7-8-13-42)37(61)55-18-22-57(23-19-55)41-48-39(46-15-25-63-27-29-64-28-26-62-24-5-2)47-40(49-41)56-20-16-54(17-21-56)36(60)32(3)58-30-34(50-52-58)11-9-14-45-38(43)44;/h2,30-32,35H,4,6-29,42H2,1,3H3,(H4,43,44,45)(H,46,47,48,49);1H/p+1/t32-,35-;/m0./s1. The van der Waals surface area contributed by atoms with Crippen molar-refractivity contribution >= 4 is 35.6 Å². The van der Waals surface area contributed by atoms with Gasteiger partial charge in [0.25, 0.3) is 0 Å². The Labute approximate surface area is 388 Å². The molecule has 5 rings (SSSR count). The van der Waals surface area contributed by atoms with Gasteiger partial charge in [-0.25, -0.2) is 9.36 Å². The maximum Gasteiger partial charge on any atom is 0.338 e. The third-order valence-corrected chi connectivity index (χ3v) is 11.0. The number of quaternary nitrogens is 1. The first-order chi connectivity index (χ1) is 31.2. The van der Waals surface area contributed by atoms with Crippen molar-refractivity contribution < 1.29 is 46.9 Å². The minimum atomic E-state index is -0.519. The predicted molar refractivity (Wildman–Crippen MR) is 239 cm³/mol. The van der Waals surface area contributed by atoms with Crippen LogP contribution in [0.1, 0.15) is 75.8 Å². The van der Waals surface area contributed by atoms with E-state index >= 15 is 0 Å². The lowest BCUT2D eigenvalue weighted by Gasteiger charge is -2.37. The number of carbonyl (C=O) groups excluding carboxylic acids is 2. The number of ether oxygens (including phenoxy) is 3. The number of amides is 2. The molecule has 2 aliphatic heterocycles. The Balaban J connectivity index is 0.00000925. The van der Waals surface area contributed by atoms with Gasteiger partial charge in [-0.1, -0.05) is 29.7 Å². The molecule has 9 N–H and O–H groups in total. The highest BCUT2D eigenvalue weighted by molar-refractivity contribution is 5.81. The molecular formula is C41H70ClN18O5+. The number of aromatic nitrogens is 9. The molecule has 2 amide bonds. The Morgan fingerprint density at radius 1 is 0.800 bits per heavy atom. The normalized spacial score (nSPS) is 15.0. The lowest BCUT2D eigenvalue weighted by atomic mass is 10.1. The van der Waals surface area contributed by atoms with Gasteiger partial charge in [0.05, 0.1) is 57.5 Å². The zero-order chi connectivity index (χ0) is 45.5. The number of unbranched alkanes of at least 4 members (excludes halogenated alkanes) is 2. The first-order valence-corrected chi connectivity index (χ1v) is 22.7. The van der Waals surface area contributed by atoms with Gasteiger partial charge in [-0.2, -0.15) is 15.0 Å². The van der Waals surface area contributed by atoms with E-state index in [1.165, 1.54) is 0 Å². The van der Waals surface area contributed by atoms with Crippen molar-refractivity contribution in [3.8, 4) is 12.3 Å². The molecule has 3 aromatic heterocycles. The van der Waals surface area contributed by atoms with Crippen molar-refractivity contribution in [2.75, 3.05) is 127 Å². The highest BCUT2D eigenvalue weighted by Gasteiger charge is 2.32. The number of nitrogens with two attached hydrogens (primary N) is 2. The first-order valence-electron chi connectivity index (χ1n) is 22.7. The lowest BCUT2D eigenvalue weighted by Crippen LogP contribution is -3.00. The van der Waals surface area contributed by atoms with E-state index in [9.17, 15) is 9.59 Å². The average molecular weight is 931 g/mol. The number of guanidine groups is 1. The molecule has 0 bridgehead atoms. The molecule has 0 aromatic carbocycles. The number of terminal acetylenes is 1. The van der Waals surface area contributed by atoms with Crippen molar-refractivity contribution in [1.29, 1.82) is 0 Å². The number of anilines is 3. The number of hydrogen-bond acceptors (Lipinski definition) is 15. The molecular weight excluding hydrogens is 860 g/mol. The number of nitrogens with one attached hydrogen (secondary N) is 2. The maximum atomic E-state index is 14.1. The van der Waals surface area contributed by atoms with Crippen LogP contribution in [0.3, 0.4) is 0 Å². The van der Waals surface area contributed by atoms with Gasteiger partial charge >= 0.3 is 5.96 Å². The fourth-order valence-electron chi connectivity index (χ4n) is 7.30. The van der Waals surface area contributed by atoms with Gasteiger partial charge in [-0.3, -0.25) is 26.0 Å².